The normalized spacial score (nSPS) is 10.3. The molecule has 0 aliphatic rings. The molecule has 0 saturated heterocycles. The molecule has 3 rings (SSSR count). The second kappa shape index (κ2) is 8.11. The van der Waals surface area contributed by atoms with E-state index >= 15 is 0 Å². The number of rotatable bonds is 6. The van der Waals surface area contributed by atoms with Crippen molar-refractivity contribution in [3.63, 3.8) is 0 Å². The standard InChI is InChI=1S/C20H19N3O3/c1-26-20(25)15-6-2-8-16(13-15)21-12-10-18(24)23-17-9-3-5-14-7-4-11-22-19(14)17/h2-9,11,13,21H,10,12H2,1H3,(H,23,24). The molecular formula is C20H19N3O3. The van der Waals surface area contributed by atoms with Gasteiger partial charge in [-0.3, -0.25) is 9.78 Å². The number of aromatic nitrogens is 1. The van der Waals surface area contributed by atoms with Crippen LogP contribution in [0.25, 0.3) is 10.9 Å². The van der Waals surface area contributed by atoms with Gasteiger partial charge in [0.2, 0.25) is 5.91 Å². The van der Waals surface area contributed by atoms with Gasteiger partial charge in [0.1, 0.15) is 0 Å². The number of nitrogens with zero attached hydrogens (tertiary/aromatic N) is 1. The molecule has 6 nitrogen and oxygen atoms in total. The summed E-state index contributed by atoms with van der Waals surface area (Å²) in [5.74, 6) is -0.505. The number of fused-ring (bicyclic) bond motifs is 1. The summed E-state index contributed by atoms with van der Waals surface area (Å²) in [7, 11) is 1.34. The zero-order valence-electron chi connectivity index (χ0n) is 14.4. The number of ether oxygens (including phenoxy) is 1. The molecule has 3 aromatic rings. The Morgan fingerprint density at radius 1 is 1.08 bits per heavy atom. The zero-order valence-corrected chi connectivity index (χ0v) is 14.4. The summed E-state index contributed by atoms with van der Waals surface area (Å²) in [6, 6.07) is 16.4. The number of carbonyl (C=O) groups excluding carboxylic acids is 2. The number of benzene rings is 2. The lowest BCUT2D eigenvalue weighted by molar-refractivity contribution is -0.115. The Kier molecular flexibility index (Phi) is 5.43. The van der Waals surface area contributed by atoms with Gasteiger partial charge in [-0.2, -0.15) is 0 Å². The molecule has 2 N–H and O–H groups in total. The van der Waals surface area contributed by atoms with Crippen LogP contribution in [0.2, 0.25) is 0 Å². The maximum absolute atomic E-state index is 12.2. The van der Waals surface area contributed by atoms with Crippen LogP contribution in [-0.4, -0.2) is 30.5 Å². The molecule has 1 heterocycles. The number of hydrogen-bond donors (Lipinski definition) is 2. The number of esters is 1. The quantitative estimate of drug-likeness (QED) is 0.666. The molecular weight excluding hydrogens is 330 g/mol. The molecule has 0 spiro atoms. The van der Waals surface area contributed by atoms with E-state index in [0.717, 1.165) is 16.6 Å². The number of anilines is 2. The first-order chi connectivity index (χ1) is 12.7. The fraction of sp³-hybridized carbons (Fsp3) is 0.150. The van der Waals surface area contributed by atoms with E-state index in [9.17, 15) is 9.59 Å². The van der Waals surface area contributed by atoms with Gasteiger partial charge in [-0.1, -0.05) is 24.3 Å². The summed E-state index contributed by atoms with van der Waals surface area (Å²) in [6.45, 7) is 0.439. The maximum Gasteiger partial charge on any atom is 0.337 e. The molecule has 0 radical (unpaired) electrons. The lowest BCUT2D eigenvalue weighted by atomic mass is 10.2. The van der Waals surface area contributed by atoms with E-state index < -0.39 is 5.97 Å². The van der Waals surface area contributed by atoms with Crippen molar-refractivity contribution in [3.05, 3.63) is 66.4 Å². The SMILES string of the molecule is COC(=O)c1cccc(NCCC(=O)Nc2cccc3cccnc23)c1. The van der Waals surface area contributed by atoms with Crippen molar-refractivity contribution < 1.29 is 14.3 Å². The van der Waals surface area contributed by atoms with E-state index in [4.69, 9.17) is 4.74 Å². The number of amides is 1. The summed E-state index contributed by atoms with van der Waals surface area (Å²) < 4.78 is 4.70. The fourth-order valence-corrected chi connectivity index (χ4v) is 2.61. The van der Waals surface area contributed by atoms with Gasteiger partial charge in [-0.15, -0.1) is 0 Å². The lowest BCUT2D eigenvalue weighted by Crippen LogP contribution is -2.16. The number of para-hydroxylation sites is 1. The summed E-state index contributed by atoms with van der Waals surface area (Å²) in [5.41, 5.74) is 2.68. The van der Waals surface area contributed by atoms with Gasteiger partial charge in [-0.25, -0.2) is 4.79 Å². The minimum Gasteiger partial charge on any atom is -0.465 e. The molecule has 0 unspecified atom stereocenters. The lowest BCUT2D eigenvalue weighted by Gasteiger charge is -2.10. The number of pyridine rings is 1. The Morgan fingerprint density at radius 3 is 2.73 bits per heavy atom. The first-order valence-electron chi connectivity index (χ1n) is 8.23. The average molecular weight is 349 g/mol. The Morgan fingerprint density at radius 2 is 1.88 bits per heavy atom. The third kappa shape index (κ3) is 4.16. The molecule has 6 heteroatoms. The summed E-state index contributed by atoms with van der Waals surface area (Å²) in [4.78, 5) is 28.1. The van der Waals surface area contributed by atoms with Crippen LogP contribution >= 0.6 is 0 Å². The second-order valence-corrected chi connectivity index (χ2v) is 5.68. The van der Waals surface area contributed by atoms with Crippen molar-refractivity contribution in [1.29, 1.82) is 0 Å². The monoisotopic (exact) mass is 349 g/mol. The third-order valence-electron chi connectivity index (χ3n) is 3.87. The maximum atomic E-state index is 12.2. The van der Waals surface area contributed by atoms with Gasteiger partial charge in [0, 0.05) is 30.2 Å². The van der Waals surface area contributed by atoms with Crippen LogP contribution in [0.5, 0.6) is 0 Å². The number of nitrogens with one attached hydrogen (secondary N) is 2. The van der Waals surface area contributed by atoms with Gasteiger partial charge in [-0.05, 0) is 30.3 Å². The van der Waals surface area contributed by atoms with E-state index in [1.165, 1.54) is 7.11 Å². The van der Waals surface area contributed by atoms with E-state index in [-0.39, 0.29) is 12.3 Å². The molecule has 0 fully saturated rings. The fourth-order valence-electron chi connectivity index (χ4n) is 2.61. The summed E-state index contributed by atoms with van der Waals surface area (Å²) in [5, 5.41) is 7.00. The average Bonchev–Trinajstić information content (AvgIpc) is 2.68. The van der Waals surface area contributed by atoms with Gasteiger partial charge >= 0.3 is 5.97 Å². The van der Waals surface area contributed by atoms with Crippen LogP contribution in [0.3, 0.4) is 0 Å². The van der Waals surface area contributed by atoms with E-state index in [2.05, 4.69) is 15.6 Å². The molecule has 132 valence electrons. The van der Waals surface area contributed by atoms with Gasteiger partial charge in [0.15, 0.2) is 0 Å². The van der Waals surface area contributed by atoms with E-state index in [1.54, 1.807) is 24.4 Å². The minimum absolute atomic E-state index is 0.111. The topological polar surface area (TPSA) is 80.3 Å². The highest BCUT2D eigenvalue weighted by atomic mass is 16.5. The van der Waals surface area contributed by atoms with Crippen molar-refractivity contribution in [2.75, 3.05) is 24.3 Å². The predicted molar refractivity (Wildman–Crippen MR) is 101 cm³/mol. The van der Waals surface area contributed by atoms with Gasteiger partial charge in [0.05, 0.1) is 23.9 Å². The summed E-state index contributed by atoms with van der Waals surface area (Å²) in [6.07, 6.45) is 1.99. The molecule has 26 heavy (non-hydrogen) atoms. The van der Waals surface area contributed by atoms with Crippen LogP contribution in [0.1, 0.15) is 16.8 Å². The van der Waals surface area contributed by atoms with E-state index in [0.29, 0.717) is 17.8 Å². The Labute approximate surface area is 151 Å². The highest BCUT2D eigenvalue weighted by molar-refractivity contribution is 6.00. The molecule has 0 atom stereocenters. The minimum atomic E-state index is -0.394. The highest BCUT2D eigenvalue weighted by Crippen LogP contribution is 2.20. The largest absolute Gasteiger partial charge is 0.465 e. The smallest absolute Gasteiger partial charge is 0.337 e. The van der Waals surface area contributed by atoms with Crippen molar-refractivity contribution >= 4 is 34.2 Å². The Balaban J connectivity index is 1.57. The zero-order chi connectivity index (χ0) is 18.4. The molecule has 1 amide bonds. The third-order valence-corrected chi connectivity index (χ3v) is 3.87. The van der Waals surface area contributed by atoms with Crippen molar-refractivity contribution in [2.24, 2.45) is 0 Å². The van der Waals surface area contributed by atoms with Crippen molar-refractivity contribution in [3.8, 4) is 0 Å². The molecule has 0 aliphatic carbocycles. The highest BCUT2D eigenvalue weighted by Gasteiger charge is 2.08. The molecule has 2 aromatic carbocycles. The molecule has 0 bridgehead atoms. The van der Waals surface area contributed by atoms with Crippen LogP contribution < -0.4 is 10.6 Å². The Bertz CT molecular complexity index is 935. The van der Waals surface area contributed by atoms with Crippen LogP contribution in [-0.2, 0) is 9.53 Å². The van der Waals surface area contributed by atoms with Crippen LogP contribution in [0, 0.1) is 0 Å². The predicted octanol–water partition coefficient (Wildman–Crippen LogP) is 3.46. The van der Waals surface area contributed by atoms with E-state index in [1.807, 2.05) is 36.4 Å². The van der Waals surface area contributed by atoms with Crippen LogP contribution in [0.15, 0.2) is 60.8 Å². The van der Waals surface area contributed by atoms with Crippen LogP contribution in [0.4, 0.5) is 11.4 Å². The van der Waals surface area contributed by atoms with Crippen molar-refractivity contribution in [2.45, 2.75) is 6.42 Å². The number of hydrogen-bond acceptors (Lipinski definition) is 5. The van der Waals surface area contributed by atoms with Crippen molar-refractivity contribution in [1.82, 2.24) is 4.98 Å². The van der Waals surface area contributed by atoms with Gasteiger partial charge in [0.25, 0.3) is 0 Å². The Hall–Kier alpha value is -3.41. The summed E-state index contributed by atoms with van der Waals surface area (Å²) >= 11 is 0. The second-order valence-electron chi connectivity index (χ2n) is 5.68. The number of methoxy groups -OCH3 is 1. The molecule has 1 aromatic heterocycles. The number of carbonyl (C=O) groups is 2. The molecule has 0 aliphatic heterocycles. The first-order valence-corrected chi connectivity index (χ1v) is 8.23. The molecule has 0 saturated carbocycles. The van der Waals surface area contributed by atoms with Gasteiger partial charge < -0.3 is 15.4 Å². The first kappa shape index (κ1) is 17.4.